The highest BCUT2D eigenvalue weighted by Gasteiger charge is 2.22. The SMILES string of the molecule is CCc1c(C(=O)c2cc(C)cc(C)c2)n(Cc2cccnc2)c(=O)[nH]c1=O. The van der Waals surface area contributed by atoms with E-state index in [-0.39, 0.29) is 18.0 Å². The fourth-order valence-corrected chi connectivity index (χ4v) is 3.27. The molecule has 0 radical (unpaired) electrons. The van der Waals surface area contributed by atoms with Gasteiger partial charge >= 0.3 is 5.69 Å². The fraction of sp³-hybridized carbons (Fsp3) is 0.238. The standard InChI is InChI=1S/C21H21N3O3/c1-4-17-18(19(25)16-9-13(2)8-14(3)10-16)24(21(27)23-20(17)26)12-15-6-5-7-22-11-15/h5-11H,4,12H2,1-3H3,(H,23,26,27). The van der Waals surface area contributed by atoms with E-state index in [1.165, 1.54) is 4.57 Å². The summed E-state index contributed by atoms with van der Waals surface area (Å²) < 4.78 is 1.33. The molecule has 0 aliphatic carbocycles. The smallest absolute Gasteiger partial charge is 0.287 e. The second-order valence-corrected chi connectivity index (χ2v) is 6.59. The van der Waals surface area contributed by atoms with Gasteiger partial charge in [-0.15, -0.1) is 0 Å². The van der Waals surface area contributed by atoms with E-state index in [0.29, 0.717) is 17.5 Å². The van der Waals surface area contributed by atoms with Gasteiger partial charge in [0.25, 0.3) is 5.56 Å². The van der Waals surface area contributed by atoms with Crippen molar-refractivity contribution < 1.29 is 4.79 Å². The Morgan fingerprint density at radius 3 is 2.44 bits per heavy atom. The molecule has 0 saturated carbocycles. The average Bonchev–Trinajstić information content (AvgIpc) is 2.63. The van der Waals surface area contributed by atoms with Crippen LogP contribution >= 0.6 is 0 Å². The monoisotopic (exact) mass is 363 g/mol. The van der Waals surface area contributed by atoms with Crippen LogP contribution in [-0.2, 0) is 13.0 Å². The number of aryl methyl sites for hydroxylation is 2. The van der Waals surface area contributed by atoms with Crippen molar-refractivity contribution in [2.75, 3.05) is 0 Å². The number of benzene rings is 1. The molecule has 138 valence electrons. The molecule has 1 aromatic carbocycles. The number of nitrogens with zero attached hydrogens (tertiary/aromatic N) is 2. The normalized spacial score (nSPS) is 10.8. The van der Waals surface area contributed by atoms with Gasteiger partial charge in [-0.25, -0.2) is 4.79 Å². The van der Waals surface area contributed by atoms with Crippen molar-refractivity contribution in [2.24, 2.45) is 0 Å². The van der Waals surface area contributed by atoms with Crippen molar-refractivity contribution >= 4 is 5.78 Å². The third-order valence-electron chi connectivity index (χ3n) is 4.41. The van der Waals surface area contributed by atoms with E-state index in [1.807, 2.05) is 26.0 Å². The molecular formula is C21H21N3O3. The van der Waals surface area contributed by atoms with E-state index < -0.39 is 11.2 Å². The summed E-state index contributed by atoms with van der Waals surface area (Å²) in [6, 6.07) is 9.10. The quantitative estimate of drug-likeness (QED) is 0.706. The number of H-pyrrole nitrogens is 1. The molecule has 6 nitrogen and oxygen atoms in total. The van der Waals surface area contributed by atoms with Gasteiger partial charge in [0.15, 0.2) is 0 Å². The first-order valence-electron chi connectivity index (χ1n) is 8.78. The number of aromatic nitrogens is 3. The molecule has 0 aliphatic heterocycles. The van der Waals surface area contributed by atoms with Crippen LogP contribution in [0.25, 0.3) is 0 Å². The van der Waals surface area contributed by atoms with Crippen LogP contribution in [-0.4, -0.2) is 20.3 Å². The Balaban J connectivity index is 2.24. The molecular weight excluding hydrogens is 342 g/mol. The van der Waals surface area contributed by atoms with E-state index in [0.717, 1.165) is 16.7 Å². The zero-order valence-corrected chi connectivity index (χ0v) is 15.6. The topological polar surface area (TPSA) is 84.8 Å². The molecule has 0 saturated heterocycles. The fourth-order valence-electron chi connectivity index (χ4n) is 3.27. The molecule has 6 heteroatoms. The highest BCUT2D eigenvalue weighted by Crippen LogP contribution is 2.16. The van der Waals surface area contributed by atoms with E-state index in [4.69, 9.17) is 0 Å². The highest BCUT2D eigenvalue weighted by atomic mass is 16.2. The summed E-state index contributed by atoms with van der Waals surface area (Å²) in [5, 5.41) is 0. The first-order valence-corrected chi connectivity index (χ1v) is 8.78. The van der Waals surface area contributed by atoms with Gasteiger partial charge in [-0.2, -0.15) is 0 Å². The molecule has 0 fully saturated rings. The minimum atomic E-state index is -0.603. The van der Waals surface area contributed by atoms with Crippen molar-refractivity contribution in [3.05, 3.63) is 97.1 Å². The van der Waals surface area contributed by atoms with Crippen molar-refractivity contribution in [2.45, 2.75) is 33.7 Å². The van der Waals surface area contributed by atoms with E-state index in [2.05, 4.69) is 9.97 Å². The van der Waals surface area contributed by atoms with Crippen molar-refractivity contribution in [1.29, 1.82) is 0 Å². The Bertz CT molecular complexity index is 1090. The van der Waals surface area contributed by atoms with Crippen LogP contribution in [0.4, 0.5) is 0 Å². The van der Waals surface area contributed by atoms with Gasteiger partial charge in [0, 0.05) is 23.5 Å². The number of rotatable bonds is 5. The number of nitrogens with one attached hydrogen (secondary N) is 1. The summed E-state index contributed by atoms with van der Waals surface area (Å²) in [6.07, 6.45) is 3.61. The van der Waals surface area contributed by atoms with Crippen LogP contribution in [0, 0.1) is 13.8 Å². The first-order chi connectivity index (χ1) is 12.9. The van der Waals surface area contributed by atoms with Gasteiger partial charge in [0.2, 0.25) is 5.78 Å². The van der Waals surface area contributed by atoms with Crippen LogP contribution in [0.2, 0.25) is 0 Å². The maximum Gasteiger partial charge on any atom is 0.329 e. The number of ketones is 1. The molecule has 2 heterocycles. The third kappa shape index (κ3) is 3.79. The minimum absolute atomic E-state index is 0.139. The summed E-state index contributed by atoms with van der Waals surface area (Å²) in [4.78, 5) is 44.6. The molecule has 0 unspecified atom stereocenters. The Hall–Kier alpha value is -3.28. The van der Waals surface area contributed by atoms with Crippen LogP contribution in [0.5, 0.6) is 0 Å². The molecule has 0 spiro atoms. The second kappa shape index (κ2) is 7.53. The summed E-state index contributed by atoms with van der Waals surface area (Å²) in [6.45, 7) is 5.76. The summed E-state index contributed by atoms with van der Waals surface area (Å²) in [5.41, 5.74) is 2.45. The van der Waals surface area contributed by atoms with Gasteiger partial charge in [-0.05, 0) is 44.0 Å². The van der Waals surface area contributed by atoms with Crippen LogP contribution in [0.3, 0.4) is 0 Å². The first kappa shape index (κ1) is 18.5. The molecule has 0 aliphatic rings. The average molecular weight is 363 g/mol. The Morgan fingerprint density at radius 2 is 1.85 bits per heavy atom. The number of pyridine rings is 1. The summed E-state index contributed by atoms with van der Waals surface area (Å²) >= 11 is 0. The predicted molar refractivity (Wildman–Crippen MR) is 103 cm³/mol. The summed E-state index contributed by atoms with van der Waals surface area (Å²) in [7, 11) is 0. The van der Waals surface area contributed by atoms with Crippen LogP contribution in [0.15, 0.2) is 52.3 Å². The summed E-state index contributed by atoms with van der Waals surface area (Å²) in [5.74, 6) is -0.328. The molecule has 27 heavy (non-hydrogen) atoms. The zero-order chi connectivity index (χ0) is 19.6. The highest BCUT2D eigenvalue weighted by molar-refractivity contribution is 6.09. The van der Waals surface area contributed by atoms with Crippen molar-refractivity contribution in [1.82, 2.24) is 14.5 Å². The lowest BCUT2D eigenvalue weighted by Crippen LogP contribution is -2.37. The molecule has 3 rings (SSSR count). The van der Waals surface area contributed by atoms with Gasteiger partial charge in [-0.3, -0.25) is 24.1 Å². The van der Waals surface area contributed by atoms with Gasteiger partial charge in [-0.1, -0.05) is 30.2 Å². The maximum atomic E-state index is 13.3. The molecule has 0 atom stereocenters. The zero-order valence-electron chi connectivity index (χ0n) is 15.6. The number of carbonyl (C=O) groups excluding carboxylic acids is 1. The maximum absolute atomic E-state index is 13.3. The number of hydrogen-bond acceptors (Lipinski definition) is 4. The van der Waals surface area contributed by atoms with Gasteiger partial charge in [0.1, 0.15) is 5.69 Å². The Labute approximate surface area is 156 Å². The van der Waals surface area contributed by atoms with Crippen LogP contribution in [0.1, 0.15) is 45.2 Å². The van der Waals surface area contributed by atoms with Crippen molar-refractivity contribution in [3.63, 3.8) is 0 Å². The number of aromatic amines is 1. The van der Waals surface area contributed by atoms with Gasteiger partial charge in [0.05, 0.1) is 6.54 Å². The molecule has 1 N–H and O–H groups in total. The molecule has 3 aromatic rings. The van der Waals surface area contributed by atoms with E-state index >= 15 is 0 Å². The third-order valence-corrected chi connectivity index (χ3v) is 4.41. The largest absolute Gasteiger partial charge is 0.329 e. The molecule has 2 aromatic heterocycles. The molecule has 0 bridgehead atoms. The van der Waals surface area contributed by atoms with Gasteiger partial charge < -0.3 is 0 Å². The van der Waals surface area contributed by atoms with E-state index in [9.17, 15) is 14.4 Å². The second-order valence-electron chi connectivity index (χ2n) is 6.59. The Kier molecular flexibility index (Phi) is 5.16. The minimum Gasteiger partial charge on any atom is -0.287 e. The lowest BCUT2D eigenvalue weighted by atomic mass is 9.99. The van der Waals surface area contributed by atoms with Crippen LogP contribution < -0.4 is 11.2 Å². The number of carbonyl (C=O) groups is 1. The predicted octanol–water partition coefficient (Wildman–Crippen LogP) is 2.39. The van der Waals surface area contributed by atoms with Crippen molar-refractivity contribution in [3.8, 4) is 0 Å². The number of hydrogen-bond donors (Lipinski definition) is 1. The molecule has 0 amide bonds. The Morgan fingerprint density at radius 1 is 1.15 bits per heavy atom. The lowest BCUT2D eigenvalue weighted by molar-refractivity contribution is 0.102. The van der Waals surface area contributed by atoms with E-state index in [1.54, 1.807) is 37.5 Å². The lowest BCUT2D eigenvalue weighted by Gasteiger charge is -2.15.